The molecule has 2 heteroatoms. The molecular weight excluding hydrogens is 186 g/mol. The van der Waals surface area contributed by atoms with Gasteiger partial charge in [0, 0.05) is 6.54 Å². The number of carbonyl (C=O) groups excluding carboxylic acids is 1. The maximum atomic E-state index is 11.6. The fourth-order valence-electron chi connectivity index (χ4n) is 1.91. The summed E-state index contributed by atoms with van der Waals surface area (Å²) >= 11 is 0. The van der Waals surface area contributed by atoms with Crippen LogP contribution in [0.2, 0.25) is 0 Å². The molecule has 15 heavy (non-hydrogen) atoms. The van der Waals surface area contributed by atoms with E-state index in [1.54, 1.807) is 0 Å². The maximum Gasteiger partial charge on any atom is 0.161 e. The second kappa shape index (κ2) is 4.29. The van der Waals surface area contributed by atoms with Crippen LogP contribution in [0.4, 0.5) is 0 Å². The minimum atomic E-state index is -0.101. The van der Waals surface area contributed by atoms with Crippen molar-refractivity contribution in [1.82, 2.24) is 5.32 Å². The molecule has 1 aromatic carbocycles. The van der Waals surface area contributed by atoms with E-state index < -0.39 is 0 Å². The van der Waals surface area contributed by atoms with Gasteiger partial charge in [0.1, 0.15) is 0 Å². The van der Waals surface area contributed by atoms with Gasteiger partial charge in [-0.2, -0.15) is 0 Å². The number of hydrogen-bond donors (Lipinski definition) is 1. The van der Waals surface area contributed by atoms with Crippen molar-refractivity contribution in [3.05, 3.63) is 35.4 Å². The van der Waals surface area contributed by atoms with E-state index in [9.17, 15) is 4.79 Å². The van der Waals surface area contributed by atoms with Crippen LogP contribution in [0.1, 0.15) is 17.5 Å². The summed E-state index contributed by atoms with van der Waals surface area (Å²) in [5.74, 6) is 2.52. The van der Waals surface area contributed by atoms with E-state index in [1.165, 1.54) is 11.1 Å². The Morgan fingerprint density at radius 3 is 2.93 bits per heavy atom. The molecule has 0 spiro atoms. The van der Waals surface area contributed by atoms with Crippen molar-refractivity contribution in [3.8, 4) is 12.3 Å². The van der Waals surface area contributed by atoms with Gasteiger partial charge in [-0.25, -0.2) is 0 Å². The Bertz CT molecular complexity index is 417. The van der Waals surface area contributed by atoms with Gasteiger partial charge in [-0.3, -0.25) is 4.79 Å². The minimum absolute atomic E-state index is 0.101. The standard InChI is InChI=1S/C13H13NO/c1-2-5-13(15)12-8-10-6-3-4-7-11(10)9-14-12/h1,3-4,6-7,12,14H,5,8-9H2. The molecule has 1 heterocycles. The number of terminal acetylenes is 1. The average molecular weight is 199 g/mol. The quantitative estimate of drug-likeness (QED) is 0.727. The largest absolute Gasteiger partial charge is 0.303 e. The fourth-order valence-corrected chi connectivity index (χ4v) is 1.91. The third-order valence-corrected chi connectivity index (χ3v) is 2.75. The Balaban J connectivity index is 2.12. The number of carbonyl (C=O) groups is 1. The van der Waals surface area contributed by atoms with Gasteiger partial charge >= 0.3 is 0 Å². The minimum Gasteiger partial charge on any atom is -0.303 e. The topological polar surface area (TPSA) is 29.1 Å². The zero-order chi connectivity index (χ0) is 10.7. The Morgan fingerprint density at radius 2 is 2.20 bits per heavy atom. The van der Waals surface area contributed by atoms with Gasteiger partial charge in [0.15, 0.2) is 5.78 Å². The molecule has 2 nitrogen and oxygen atoms in total. The van der Waals surface area contributed by atoms with Crippen LogP contribution in [0.15, 0.2) is 24.3 Å². The molecule has 0 fully saturated rings. The van der Waals surface area contributed by atoms with Gasteiger partial charge < -0.3 is 5.32 Å². The van der Waals surface area contributed by atoms with Crippen molar-refractivity contribution >= 4 is 5.78 Å². The highest BCUT2D eigenvalue weighted by Crippen LogP contribution is 2.16. The monoisotopic (exact) mass is 199 g/mol. The molecule has 0 aromatic heterocycles. The van der Waals surface area contributed by atoms with E-state index in [0.717, 1.165) is 13.0 Å². The first-order valence-electron chi connectivity index (χ1n) is 5.07. The van der Waals surface area contributed by atoms with Crippen LogP contribution in [0.25, 0.3) is 0 Å². The molecule has 0 radical (unpaired) electrons. The van der Waals surface area contributed by atoms with Gasteiger partial charge in [0.25, 0.3) is 0 Å². The van der Waals surface area contributed by atoms with Gasteiger partial charge in [0.05, 0.1) is 12.5 Å². The zero-order valence-electron chi connectivity index (χ0n) is 8.49. The predicted molar refractivity (Wildman–Crippen MR) is 59.2 cm³/mol. The number of fused-ring (bicyclic) bond motifs is 1. The van der Waals surface area contributed by atoms with E-state index in [4.69, 9.17) is 6.42 Å². The lowest BCUT2D eigenvalue weighted by Gasteiger charge is -2.24. The molecule has 1 aromatic rings. The van der Waals surface area contributed by atoms with E-state index in [1.807, 2.05) is 12.1 Å². The summed E-state index contributed by atoms with van der Waals surface area (Å²) in [6.45, 7) is 0.761. The highest BCUT2D eigenvalue weighted by Gasteiger charge is 2.22. The number of rotatable bonds is 2. The number of benzene rings is 1. The molecule has 76 valence electrons. The molecule has 1 atom stereocenters. The van der Waals surface area contributed by atoms with Crippen LogP contribution in [-0.2, 0) is 17.8 Å². The highest BCUT2D eigenvalue weighted by molar-refractivity contribution is 5.86. The van der Waals surface area contributed by atoms with Crippen molar-refractivity contribution in [2.75, 3.05) is 0 Å². The van der Waals surface area contributed by atoms with Crippen LogP contribution >= 0.6 is 0 Å². The lowest BCUT2D eigenvalue weighted by molar-refractivity contribution is -0.120. The summed E-state index contributed by atoms with van der Waals surface area (Å²) in [7, 11) is 0. The van der Waals surface area contributed by atoms with E-state index >= 15 is 0 Å². The van der Waals surface area contributed by atoms with Crippen molar-refractivity contribution in [2.45, 2.75) is 25.4 Å². The summed E-state index contributed by atoms with van der Waals surface area (Å²) in [4.78, 5) is 11.6. The summed E-state index contributed by atoms with van der Waals surface area (Å²) < 4.78 is 0. The molecular formula is C13H13NO. The molecule has 0 amide bonds. The van der Waals surface area contributed by atoms with Crippen LogP contribution < -0.4 is 5.32 Å². The van der Waals surface area contributed by atoms with E-state index in [-0.39, 0.29) is 18.2 Å². The third-order valence-electron chi connectivity index (χ3n) is 2.75. The first kappa shape index (κ1) is 9.95. The van der Waals surface area contributed by atoms with Crippen LogP contribution in [0, 0.1) is 12.3 Å². The van der Waals surface area contributed by atoms with Gasteiger partial charge in [-0.1, -0.05) is 30.2 Å². The molecule has 1 aliphatic heterocycles. The smallest absolute Gasteiger partial charge is 0.161 e. The first-order valence-corrected chi connectivity index (χ1v) is 5.07. The first-order chi connectivity index (χ1) is 7.31. The summed E-state index contributed by atoms with van der Waals surface area (Å²) in [5.41, 5.74) is 2.54. The SMILES string of the molecule is C#CCC(=O)C1Cc2ccccc2CN1. The van der Waals surface area contributed by atoms with Gasteiger partial charge in [-0.05, 0) is 17.5 Å². The third kappa shape index (κ3) is 2.08. The van der Waals surface area contributed by atoms with E-state index in [2.05, 4.69) is 23.4 Å². The molecule has 1 aliphatic rings. The Kier molecular flexibility index (Phi) is 2.84. The summed E-state index contributed by atoms with van der Waals surface area (Å²) in [6.07, 6.45) is 6.11. The lowest BCUT2D eigenvalue weighted by atomic mass is 9.93. The van der Waals surface area contributed by atoms with Crippen molar-refractivity contribution in [3.63, 3.8) is 0 Å². The molecule has 0 saturated heterocycles. The normalized spacial score (nSPS) is 19.0. The molecule has 2 rings (SSSR count). The predicted octanol–water partition coefficient (Wildman–Crippen LogP) is 1.29. The highest BCUT2D eigenvalue weighted by atomic mass is 16.1. The Morgan fingerprint density at radius 1 is 1.47 bits per heavy atom. The zero-order valence-corrected chi connectivity index (χ0v) is 8.49. The molecule has 0 aliphatic carbocycles. The van der Waals surface area contributed by atoms with Crippen LogP contribution in [-0.4, -0.2) is 11.8 Å². The van der Waals surface area contributed by atoms with Crippen molar-refractivity contribution in [1.29, 1.82) is 0 Å². The van der Waals surface area contributed by atoms with Crippen LogP contribution in [0.5, 0.6) is 0 Å². The average Bonchev–Trinajstić information content (AvgIpc) is 2.29. The van der Waals surface area contributed by atoms with Crippen molar-refractivity contribution < 1.29 is 4.79 Å². The van der Waals surface area contributed by atoms with E-state index in [0.29, 0.717) is 0 Å². The number of ketones is 1. The van der Waals surface area contributed by atoms with Gasteiger partial charge in [-0.15, -0.1) is 6.42 Å². The molecule has 0 saturated carbocycles. The van der Waals surface area contributed by atoms with Gasteiger partial charge in [0.2, 0.25) is 0 Å². The number of nitrogens with one attached hydrogen (secondary N) is 1. The second-order valence-corrected chi connectivity index (χ2v) is 3.75. The lowest BCUT2D eigenvalue weighted by Crippen LogP contribution is -2.41. The maximum absolute atomic E-state index is 11.6. The number of Topliss-reactive ketones (excluding diaryl/α,β-unsaturated/α-hetero) is 1. The van der Waals surface area contributed by atoms with Crippen LogP contribution in [0.3, 0.4) is 0 Å². The second-order valence-electron chi connectivity index (χ2n) is 3.75. The molecule has 1 unspecified atom stereocenters. The number of hydrogen-bond acceptors (Lipinski definition) is 2. The van der Waals surface area contributed by atoms with Crippen molar-refractivity contribution in [2.24, 2.45) is 0 Å². The molecule has 0 bridgehead atoms. The molecule has 1 N–H and O–H groups in total. The fraction of sp³-hybridized carbons (Fsp3) is 0.308. The summed E-state index contributed by atoms with van der Waals surface area (Å²) in [6, 6.07) is 8.09. The summed E-state index contributed by atoms with van der Waals surface area (Å²) in [5, 5.41) is 3.21. The Hall–Kier alpha value is -1.59. The Labute approximate surface area is 89.7 Å².